The number of amides is 1. The highest BCUT2D eigenvalue weighted by atomic mass is 35.5. The zero-order valence-corrected chi connectivity index (χ0v) is 14.6. The second-order valence-corrected chi connectivity index (χ2v) is 6.18. The molecule has 2 aromatic carbocycles. The Morgan fingerprint density at radius 2 is 1.96 bits per heavy atom. The summed E-state index contributed by atoms with van der Waals surface area (Å²) in [6.07, 6.45) is 3.56. The molecule has 1 amide bonds. The highest BCUT2D eigenvalue weighted by Gasteiger charge is 2.30. The molecular formula is C19H25ClN2O2. The van der Waals surface area contributed by atoms with Crippen molar-refractivity contribution < 1.29 is 9.53 Å². The van der Waals surface area contributed by atoms with Crippen LogP contribution in [0, 0.1) is 5.92 Å². The number of nitrogens with one attached hydrogen (secondary N) is 1. The number of hydrogen-bond acceptors (Lipinski definition) is 3. The topological polar surface area (TPSA) is 64.3 Å². The number of benzene rings is 2. The van der Waals surface area contributed by atoms with Gasteiger partial charge in [0.2, 0.25) is 5.91 Å². The lowest BCUT2D eigenvalue weighted by atomic mass is 10.1. The van der Waals surface area contributed by atoms with E-state index in [-0.39, 0.29) is 24.4 Å². The van der Waals surface area contributed by atoms with Crippen LogP contribution in [0.15, 0.2) is 42.5 Å². The van der Waals surface area contributed by atoms with Crippen molar-refractivity contribution >= 4 is 29.1 Å². The molecule has 1 aliphatic carbocycles. The fraction of sp³-hybridized carbons (Fsp3) is 0.421. The van der Waals surface area contributed by atoms with Gasteiger partial charge in [-0.2, -0.15) is 0 Å². The Morgan fingerprint density at radius 1 is 1.21 bits per heavy atom. The normalized spacial score (nSPS) is 14.7. The third-order valence-corrected chi connectivity index (χ3v) is 4.35. The first kappa shape index (κ1) is 18.6. The van der Waals surface area contributed by atoms with Crippen LogP contribution in [0.3, 0.4) is 0 Å². The van der Waals surface area contributed by atoms with E-state index < -0.39 is 0 Å². The van der Waals surface area contributed by atoms with Crippen LogP contribution >= 0.6 is 12.4 Å². The maximum absolute atomic E-state index is 11.9. The van der Waals surface area contributed by atoms with E-state index in [0.717, 1.165) is 16.5 Å². The number of ether oxygens (including phenoxy) is 1. The molecular weight excluding hydrogens is 324 g/mol. The fourth-order valence-electron chi connectivity index (χ4n) is 2.88. The minimum Gasteiger partial charge on any atom is -0.493 e. The maximum Gasteiger partial charge on any atom is 0.220 e. The largest absolute Gasteiger partial charge is 0.493 e. The summed E-state index contributed by atoms with van der Waals surface area (Å²) in [4.78, 5) is 11.9. The molecule has 2 aromatic rings. The summed E-state index contributed by atoms with van der Waals surface area (Å²) in [6.45, 7) is 1.07. The molecule has 4 nitrogen and oxygen atoms in total. The van der Waals surface area contributed by atoms with E-state index in [1.54, 1.807) is 0 Å². The first-order valence-corrected chi connectivity index (χ1v) is 8.38. The van der Waals surface area contributed by atoms with Gasteiger partial charge in [-0.25, -0.2) is 0 Å². The van der Waals surface area contributed by atoms with Crippen LogP contribution in [0.25, 0.3) is 10.8 Å². The third-order valence-electron chi connectivity index (χ3n) is 4.35. The molecule has 1 unspecified atom stereocenters. The molecule has 1 atom stereocenters. The quantitative estimate of drug-likeness (QED) is 0.719. The molecule has 1 aliphatic rings. The van der Waals surface area contributed by atoms with Crippen molar-refractivity contribution in [3.8, 4) is 5.75 Å². The number of rotatable bonds is 8. The van der Waals surface area contributed by atoms with Gasteiger partial charge in [-0.15, -0.1) is 12.4 Å². The molecule has 3 N–H and O–H groups in total. The highest BCUT2D eigenvalue weighted by Crippen LogP contribution is 2.32. The number of nitrogens with two attached hydrogens (primary N) is 1. The van der Waals surface area contributed by atoms with Crippen LogP contribution in [-0.4, -0.2) is 25.1 Å². The summed E-state index contributed by atoms with van der Waals surface area (Å²) < 4.78 is 5.86. The van der Waals surface area contributed by atoms with Crippen LogP contribution in [0.5, 0.6) is 5.75 Å². The minimum absolute atomic E-state index is 0. The second kappa shape index (κ2) is 8.90. The Kier molecular flexibility index (Phi) is 6.88. The number of halogens is 1. The van der Waals surface area contributed by atoms with Gasteiger partial charge in [0.15, 0.2) is 0 Å². The first-order chi connectivity index (χ1) is 11.3. The average molecular weight is 349 g/mol. The molecule has 0 radical (unpaired) electrons. The lowest BCUT2D eigenvalue weighted by Gasteiger charge is -2.16. The number of carbonyl (C=O) groups is 1. The molecule has 0 heterocycles. The van der Waals surface area contributed by atoms with Gasteiger partial charge in [0, 0.05) is 24.4 Å². The predicted molar refractivity (Wildman–Crippen MR) is 99.6 cm³/mol. The van der Waals surface area contributed by atoms with Crippen LogP contribution < -0.4 is 15.8 Å². The van der Waals surface area contributed by atoms with Crippen molar-refractivity contribution in [2.24, 2.45) is 11.7 Å². The summed E-state index contributed by atoms with van der Waals surface area (Å²) in [7, 11) is 0. The van der Waals surface area contributed by atoms with E-state index in [4.69, 9.17) is 10.5 Å². The molecule has 0 saturated heterocycles. The summed E-state index contributed by atoms with van der Waals surface area (Å²) in [6, 6.07) is 14.3. The molecule has 5 heteroatoms. The molecule has 130 valence electrons. The van der Waals surface area contributed by atoms with E-state index in [9.17, 15) is 4.79 Å². The van der Waals surface area contributed by atoms with Crippen LogP contribution in [-0.2, 0) is 4.79 Å². The molecule has 0 aromatic heterocycles. The number of carbonyl (C=O) groups excluding carboxylic acids is 1. The van der Waals surface area contributed by atoms with Crippen LogP contribution in [0.1, 0.15) is 25.7 Å². The Labute approximate surface area is 149 Å². The number of fused-ring (bicyclic) bond motifs is 1. The number of hydrogen-bond donors (Lipinski definition) is 2. The van der Waals surface area contributed by atoms with Gasteiger partial charge in [-0.05, 0) is 36.6 Å². The average Bonchev–Trinajstić information content (AvgIpc) is 3.41. The van der Waals surface area contributed by atoms with Crippen molar-refractivity contribution in [3.63, 3.8) is 0 Å². The zero-order chi connectivity index (χ0) is 16.1. The van der Waals surface area contributed by atoms with Crippen LogP contribution in [0.4, 0.5) is 0 Å². The molecule has 1 fully saturated rings. The zero-order valence-electron chi connectivity index (χ0n) is 13.7. The molecule has 1 saturated carbocycles. The Balaban J connectivity index is 0.00000208. The van der Waals surface area contributed by atoms with E-state index in [1.165, 1.54) is 12.8 Å². The van der Waals surface area contributed by atoms with Crippen LogP contribution in [0.2, 0.25) is 0 Å². The molecule has 24 heavy (non-hydrogen) atoms. The van der Waals surface area contributed by atoms with E-state index in [2.05, 4.69) is 23.5 Å². The van der Waals surface area contributed by atoms with Crippen molar-refractivity contribution in [3.05, 3.63) is 42.5 Å². The van der Waals surface area contributed by atoms with Crippen molar-refractivity contribution in [2.75, 3.05) is 13.2 Å². The smallest absolute Gasteiger partial charge is 0.220 e. The lowest BCUT2D eigenvalue weighted by molar-refractivity contribution is -0.122. The van der Waals surface area contributed by atoms with Crippen molar-refractivity contribution in [1.29, 1.82) is 0 Å². The van der Waals surface area contributed by atoms with Gasteiger partial charge in [0.1, 0.15) is 5.75 Å². The van der Waals surface area contributed by atoms with Crippen molar-refractivity contribution in [1.82, 2.24) is 5.32 Å². The molecule has 0 aliphatic heterocycles. The summed E-state index contributed by atoms with van der Waals surface area (Å²) in [5, 5.41) is 5.31. The van der Waals surface area contributed by atoms with Crippen molar-refractivity contribution in [2.45, 2.75) is 31.7 Å². The third kappa shape index (κ3) is 4.86. The second-order valence-electron chi connectivity index (χ2n) is 6.18. The van der Waals surface area contributed by atoms with Gasteiger partial charge in [0.05, 0.1) is 6.61 Å². The monoisotopic (exact) mass is 348 g/mol. The SMILES string of the molecule is Cl.NCC(NC(=O)CCCOc1cccc2ccccc12)C1CC1. The highest BCUT2D eigenvalue weighted by molar-refractivity contribution is 5.88. The first-order valence-electron chi connectivity index (χ1n) is 8.38. The van der Waals surface area contributed by atoms with Gasteiger partial charge >= 0.3 is 0 Å². The van der Waals surface area contributed by atoms with E-state index in [0.29, 0.717) is 31.9 Å². The lowest BCUT2D eigenvalue weighted by Crippen LogP contribution is -2.41. The molecule has 0 bridgehead atoms. The molecule has 0 spiro atoms. The minimum atomic E-state index is 0. The Hall–Kier alpha value is -1.78. The fourth-order valence-corrected chi connectivity index (χ4v) is 2.88. The summed E-state index contributed by atoms with van der Waals surface area (Å²) in [5.74, 6) is 1.55. The van der Waals surface area contributed by atoms with E-state index >= 15 is 0 Å². The van der Waals surface area contributed by atoms with E-state index in [1.807, 2.05) is 24.3 Å². The van der Waals surface area contributed by atoms with Gasteiger partial charge in [-0.1, -0.05) is 36.4 Å². The van der Waals surface area contributed by atoms with Gasteiger partial charge in [0.25, 0.3) is 0 Å². The Bertz CT molecular complexity index is 668. The standard InChI is InChI=1S/C19H24N2O2.ClH/c20-13-17(15-10-11-15)21-19(22)9-4-12-23-18-8-3-6-14-5-1-2-7-16(14)18;/h1-3,5-8,15,17H,4,9-13,20H2,(H,21,22);1H. The predicted octanol–water partition coefficient (Wildman–Crippen LogP) is 3.27. The summed E-state index contributed by atoms with van der Waals surface area (Å²) in [5.41, 5.74) is 5.71. The summed E-state index contributed by atoms with van der Waals surface area (Å²) >= 11 is 0. The Morgan fingerprint density at radius 3 is 2.71 bits per heavy atom. The maximum atomic E-state index is 11.9. The van der Waals surface area contributed by atoms with Gasteiger partial charge in [-0.3, -0.25) is 4.79 Å². The van der Waals surface area contributed by atoms with Gasteiger partial charge < -0.3 is 15.8 Å². The molecule has 3 rings (SSSR count).